The van der Waals surface area contributed by atoms with Gasteiger partial charge >= 0.3 is 0 Å². The van der Waals surface area contributed by atoms with E-state index in [2.05, 4.69) is 15.0 Å². The first-order valence-electron chi connectivity index (χ1n) is 7.04. The first-order chi connectivity index (χ1) is 11.5. The molecule has 3 aromatic rings. The van der Waals surface area contributed by atoms with E-state index in [-0.39, 0.29) is 9.92 Å². The van der Waals surface area contributed by atoms with Crippen molar-refractivity contribution in [3.8, 4) is 0 Å². The van der Waals surface area contributed by atoms with Crippen LogP contribution in [0.2, 0.25) is 5.02 Å². The third-order valence-corrected chi connectivity index (χ3v) is 5.05. The van der Waals surface area contributed by atoms with Crippen LogP contribution in [0.25, 0.3) is 0 Å². The van der Waals surface area contributed by atoms with Crippen LogP contribution in [0.3, 0.4) is 0 Å². The van der Waals surface area contributed by atoms with Crippen LogP contribution in [0.4, 0.5) is 11.5 Å². The molecule has 0 spiro atoms. The molecule has 0 bridgehead atoms. The van der Waals surface area contributed by atoms with E-state index in [0.717, 1.165) is 5.76 Å². The highest BCUT2D eigenvalue weighted by molar-refractivity contribution is 7.92. The minimum Gasteiger partial charge on any atom is -0.467 e. The number of pyridine rings is 1. The Morgan fingerprint density at radius 2 is 1.92 bits per heavy atom. The molecule has 2 N–H and O–H groups in total. The number of aromatic nitrogens is 1. The highest BCUT2D eigenvalue weighted by Crippen LogP contribution is 2.23. The van der Waals surface area contributed by atoms with Gasteiger partial charge in [-0.1, -0.05) is 23.7 Å². The molecule has 6 nitrogen and oxygen atoms in total. The van der Waals surface area contributed by atoms with Crippen molar-refractivity contribution in [1.29, 1.82) is 0 Å². The molecule has 0 unspecified atom stereocenters. The summed E-state index contributed by atoms with van der Waals surface area (Å²) in [7, 11) is -3.76. The average molecular weight is 364 g/mol. The summed E-state index contributed by atoms with van der Waals surface area (Å²) in [6.45, 7) is 0.491. The van der Waals surface area contributed by atoms with Gasteiger partial charge in [0.05, 0.1) is 29.7 Å². The molecule has 0 atom stereocenters. The van der Waals surface area contributed by atoms with Gasteiger partial charge in [-0.2, -0.15) is 0 Å². The molecular weight excluding hydrogens is 350 g/mol. The molecule has 0 fully saturated rings. The number of anilines is 2. The van der Waals surface area contributed by atoms with Crippen LogP contribution < -0.4 is 10.0 Å². The maximum absolute atomic E-state index is 12.3. The van der Waals surface area contributed by atoms with Crippen molar-refractivity contribution in [3.05, 3.63) is 71.8 Å². The Morgan fingerprint density at radius 1 is 1.08 bits per heavy atom. The van der Waals surface area contributed by atoms with Crippen molar-refractivity contribution in [2.45, 2.75) is 11.4 Å². The number of halogens is 1. The molecule has 2 aromatic heterocycles. The summed E-state index contributed by atoms with van der Waals surface area (Å²) >= 11 is 5.94. The smallest absolute Gasteiger partial charge is 0.263 e. The molecule has 124 valence electrons. The lowest BCUT2D eigenvalue weighted by molar-refractivity contribution is 0.518. The Hall–Kier alpha value is -2.51. The van der Waals surface area contributed by atoms with Crippen molar-refractivity contribution in [2.24, 2.45) is 0 Å². The monoisotopic (exact) mass is 363 g/mol. The van der Waals surface area contributed by atoms with Gasteiger partial charge in [0.2, 0.25) is 0 Å². The van der Waals surface area contributed by atoms with Crippen molar-refractivity contribution in [2.75, 3.05) is 10.0 Å². The van der Waals surface area contributed by atoms with Crippen LogP contribution in [0.5, 0.6) is 0 Å². The first kappa shape index (κ1) is 16.4. The quantitative estimate of drug-likeness (QED) is 0.697. The van der Waals surface area contributed by atoms with Gasteiger partial charge in [0.15, 0.2) is 0 Å². The molecule has 0 aliphatic carbocycles. The predicted molar refractivity (Wildman–Crippen MR) is 92.5 cm³/mol. The zero-order valence-corrected chi connectivity index (χ0v) is 14.0. The maximum atomic E-state index is 12.3. The van der Waals surface area contributed by atoms with E-state index in [1.165, 1.54) is 18.3 Å². The number of sulfonamides is 1. The van der Waals surface area contributed by atoms with Crippen LogP contribution in [0.15, 0.2) is 70.3 Å². The van der Waals surface area contributed by atoms with Crippen LogP contribution in [-0.4, -0.2) is 13.4 Å². The van der Waals surface area contributed by atoms with E-state index in [1.807, 2.05) is 6.07 Å². The molecule has 1 aromatic carbocycles. The van der Waals surface area contributed by atoms with Crippen LogP contribution in [0.1, 0.15) is 5.76 Å². The second kappa shape index (κ2) is 6.94. The normalized spacial score (nSPS) is 11.2. The highest BCUT2D eigenvalue weighted by atomic mass is 35.5. The van der Waals surface area contributed by atoms with Crippen molar-refractivity contribution in [1.82, 2.24) is 4.98 Å². The lowest BCUT2D eigenvalue weighted by Gasteiger charge is -2.10. The number of hydrogen-bond donors (Lipinski definition) is 2. The molecule has 0 amide bonds. The lowest BCUT2D eigenvalue weighted by atomic mass is 10.4. The van der Waals surface area contributed by atoms with E-state index in [0.29, 0.717) is 18.1 Å². The molecule has 8 heteroatoms. The molecular formula is C16H14ClN3O3S. The fourth-order valence-electron chi connectivity index (χ4n) is 2.02. The van der Waals surface area contributed by atoms with E-state index < -0.39 is 10.0 Å². The number of nitrogens with one attached hydrogen (secondary N) is 2. The summed E-state index contributed by atoms with van der Waals surface area (Å²) in [6.07, 6.45) is 3.02. The summed E-state index contributed by atoms with van der Waals surface area (Å²) in [5.41, 5.74) is 0.346. The van der Waals surface area contributed by atoms with Gasteiger partial charge in [0.1, 0.15) is 16.5 Å². The molecule has 2 heterocycles. The summed E-state index contributed by atoms with van der Waals surface area (Å²) in [6, 6.07) is 13.2. The van der Waals surface area contributed by atoms with Gasteiger partial charge in [-0.05, 0) is 36.4 Å². The molecule has 0 saturated carbocycles. The first-order valence-corrected chi connectivity index (χ1v) is 8.90. The molecule has 3 rings (SSSR count). The zero-order valence-electron chi connectivity index (χ0n) is 12.4. The maximum Gasteiger partial charge on any atom is 0.263 e. The molecule has 24 heavy (non-hydrogen) atoms. The Labute approximate surface area is 144 Å². The van der Waals surface area contributed by atoms with Gasteiger partial charge in [-0.3, -0.25) is 4.72 Å². The summed E-state index contributed by atoms with van der Waals surface area (Å²) in [5, 5.41) is 3.24. The predicted octanol–water partition coefficient (Wildman–Crippen LogP) is 3.74. The third kappa shape index (κ3) is 3.87. The summed E-state index contributed by atoms with van der Waals surface area (Å²) < 4.78 is 32.3. The Morgan fingerprint density at radius 3 is 2.58 bits per heavy atom. The van der Waals surface area contributed by atoms with Crippen molar-refractivity contribution in [3.63, 3.8) is 0 Å². The number of nitrogens with zero attached hydrogens (tertiary/aromatic N) is 1. The highest BCUT2D eigenvalue weighted by Gasteiger charge is 2.17. The fourth-order valence-corrected chi connectivity index (χ4v) is 3.59. The number of rotatable bonds is 6. The van der Waals surface area contributed by atoms with E-state index in [1.54, 1.807) is 36.6 Å². The topological polar surface area (TPSA) is 84.2 Å². The van der Waals surface area contributed by atoms with Crippen LogP contribution in [0, 0.1) is 0 Å². The van der Waals surface area contributed by atoms with Crippen LogP contribution >= 0.6 is 11.6 Å². The van der Waals surface area contributed by atoms with Gasteiger partial charge in [-0.25, -0.2) is 13.4 Å². The molecule has 0 radical (unpaired) electrons. The summed E-state index contributed by atoms with van der Waals surface area (Å²) in [5.74, 6) is 1.38. The minimum absolute atomic E-state index is 0.0201. The largest absolute Gasteiger partial charge is 0.467 e. The standard InChI is InChI=1S/C16H14ClN3O3S/c17-14-5-1-2-6-15(14)24(21,22)20-12-7-8-16(18-10-12)19-11-13-4-3-9-23-13/h1-10,20H,11H2,(H,18,19). The number of benzene rings is 1. The Kier molecular flexibility index (Phi) is 4.73. The average Bonchev–Trinajstić information content (AvgIpc) is 3.07. The minimum atomic E-state index is -3.76. The molecule has 0 aliphatic heterocycles. The molecule has 0 saturated heterocycles. The molecule has 0 aliphatic rings. The van der Waals surface area contributed by atoms with E-state index in [4.69, 9.17) is 16.0 Å². The van der Waals surface area contributed by atoms with Gasteiger partial charge in [0, 0.05) is 0 Å². The van der Waals surface area contributed by atoms with Crippen molar-refractivity contribution >= 4 is 33.1 Å². The van der Waals surface area contributed by atoms with E-state index >= 15 is 0 Å². The van der Waals surface area contributed by atoms with E-state index in [9.17, 15) is 8.42 Å². The van der Waals surface area contributed by atoms with Crippen LogP contribution in [-0.2, 0) is 16.6 Å². The van der Waals surface area contributed by atoms with Gasteiger partial charge in [0.25, 0.3) is 10.0 Å². The second-order valence-corrected chi connectivity index (χ2v) is 6.96. The fraction of sp³-hybridized carbons (Fsp3) is 0.0625. The number of hydrogen-bond acceptors (Lipinski definition) is 5. The Balaban J connectivity index is 1.68. The van der Waals surface area contributed by atoms with Gasteiger partial charge < -0.3 is 9.73 Å². The second-order valence-electron chi connectivity index (χ2n) is 4.90. The lowest BCUT2D eigenvalue weighted by Crippen LogP contribution is -2.13. The van der Waals surface area contributed by atoms with Crippen molar-refractivity contribution < 1.29 is 12.8 Å². The third-order valence-electron chi connectivity index (χ3n) is 3.17. The van der Waals surface area contributed by atoms with Gasteiger partial charge in [-0.15, -0.1) is 0 Å². The zero-order chi connectivity index (χ0) is 17.0. The number of furan rings is 1. The SMILES string of the molecule is O=S(=O)(Nc1ccc(NCc2ccco2)nc1)c1ccccc1Cl. The summed E-state index contributed by atoms with van der Waals surface area (Å²) in [4.78, 5) is 4.19. The Bertz CT molecular complexity index is 910.